The topological polar surface area (TPSA) is 52.3 Å². The van der Waals surface area contributed by atoms with Gasteiger partial charge in [0.15, 0.2) is 17.1 Å². The first-order valence-corrected chi connectivity index (χ1v) is 4.43. The first kappa shape index (κ1) is 7.50. The standard InChI is InChI=1S/C11H9NO2/c1-6-9-10(14-11(6)12)7-4-2-3-5-8(7)13-9/h2-5H,12H2,1H3. The average molecular weight is 187 g/mol. The van der Waals surface area contributed by atoms with Crippen LogP contribution in [0.5, 0.6) is 0 Å². The van der Waals surface area contributed by atoms with E-state index in [2.05, 4.69) is 0 Å². The summed E-state index contributed by atoms with van der Waals surface area (Å²) in [6.45, 7) is 1.89. The lowest BCUT2D eigenvalue weighted by molar-refractivity contribution is 0.634. The molecule has 0 unspecified atom stereocenters. The molecular weight excluding hydrogens is 178 g/mol. The van der Waals surface area contributed by atoms with E-state index in [9.17, 15) is 0 Å². The van der Waals surface area contributed by atoms with Gasteiger partial charge in [-0.3, -0.25) is 0 Å². The summed E-state index contributed by atoms with van der Waals surface area (Å²) in [5, 5.41) is 0.974. The lowest BCUT2D eigenvalue weighted by Gasteiger charge is -1.87. The van der Waals surface area contributed by atoms with Crippen molar-refractivity contribution in [2.75, 3.05) is 5.73 Å². The second-order valence-electron chi connectivity index (χ2n) is 3.35. The number of furan rings is 2. The molecule has 0 aliphatic rings. The molecule has 14 heavy (non-hydrogen) atoms. The van der Waals surface area contributed by atoms with Gasteiger partial charge >= 0.3 is 0 Å². The zero-order chi connectivity index (χ0) is 9.71. The highest BCUT2D eigenvalue weighted by Gasteiger charge is 2.15. The molecule has 0 saturated carbocycles. The van der Waals surface area contributed by atoms with Crippen molar-refractivity contribution in [2.24, 2.45) is 0 Å². The Morgan fingerprint density at radius 3 is 2.71 bits per heavy atom. The van der Waals surface area contributed by atoms with Gasteiger partial charge in [0.1, 0.15) is 5.58 Å². The Hall–Kier alpha value is -1.90. The minimum atomic E-state index is 0.435. The summed E-state index contributed by atoms with van der Waals surface area (Å²) < 4.78 is 11.1. The SMILES string of the molecule is Cc1c(N)oc2c1oc1ccccc12. The number of nitrogens with two attached hydrogens (primary N) is 1. The second kappa shape index (κ2) is 2.32. The van der Waals surface area contributed by atoms with Crippen LogP contribution in [0.15, 0.2) is 33.1 Å². The normalized spacial score (nSPS) is 11.5. The molecule has 3 aromatic rings. The van der Waals surface area contributed by atoms with E-state index in [0.717, 1.165) is 27.7 Å². The molecule has 2 heterocycles. The summed E-state index contributed by atoms with van der Waals surface area (Å²) in [5.74, 6) is 0.435. The van der Waals surface area contributed by atoms with Crippen molar-refractivity contribution in [1.82, 2.24) is 0 Å². The monoisotopic (exact) mass is 187 g/mol. The molecule has 3 heteroatoms. The van der Waals surface area contributed by atoms with Crippen LogP contribution in [0.25, 0.3) is 22.1 Å². The summed E-state index contributed by atoms with van der Waals surface area (Å²) in [7, 11) is 0. The Kier molecular flexibility index (Phi) is 1.24. The Balaban J connectivity index is 2.60. The Labute approximate surface area is 80.1 Å². The van der Waals surface area contributed by atoms with Gasteiger partial charge in [-0.05, 0) is 19.1 Å². The van der Waals surface area contributed by atoms with Crippen LogP contribution in [0.4, 0.5) is 5.88 Å². The van der Waals surface area contributed by atoms with Crippen LogP contribution in [-0.4, -0.2) is 0 Å². The molecule has 0 aliphatic heterocycles. The third-order valence-corrected chi connectivity index (χ3v) is 2.47. The molecule has 2 N–H and O–H groups in total. The van der Waals surface area contributed by atoms with E-state index in [1.807, 2.05) is 31.2 Å². The molecule has 0 fully saturated rings. The van der Waals surface area contributed by atoms with Crippen molar-refractivity contribution in [3.8, 4) is 0 Å². The molecule has 0 aliphatic carbocycles. The summed E-state index contributed by atoms with van der Waals surface area (Å²) in [4.78, 5) is 0. The van der Waals surface area contributed by atoms with Crippen LogP contribution in [0.1, 0.15) is 5.56 Å². The van der Waals surface area contributed by atoms with Crippen LogP contribution >= 0.6 is 0 Å². The fourth-order valence-electron chi connectivity index (χ4n) is 1.67. The molecule has 70 valence electrons. The van der Waals surface area contributed by atoms with E-state index >= 15 is 0 Å². The Bertz CT molecular complexity index is 619. The number of hydrogen-bond acceptors (Lipinski definition) is 3. The minimum absolute atomic E-state index is 0.435. The maximum Gasteiger partial charge on any atom is 0.197 e. The molecule has 3 nitrogen and oxygen atoms in total. The van der Waals surface area contributed by atoms with E-state index in [-0.39, 0.29) is 0 Å². The molecule has 3 rings (SSSR count). The third-order valence-electron chi connectivity index (χ3n) is 2.47. The number of anilines is 1. The lowest BCUT2D eigenvalue weighted by Crippen LogP contribution is -1.81. The number of para-hydroxylation sites is 1. The van der Waals surface area contributed by atoms with Gasteiger partial charge < -0.3 is 14.6 Å². The third kappa shape index (κ3) is 0.763. The van der Waals surface area contributed by atoms with Gasteiger partial charge in [0, 0.05) is 0 Å². The highest BCUT2D eigenvalue weighted by Crippen LogP contribution is 2.35. The van der Waals surface area contributed by atoms with Crippen LogP contribution in [-0.2, 0) is 0 Å². The maximum atomic E-state index is 5.66. The van der Waals surface area contributed by atoms with Crippen LogP contribution in [0.2, 0.25) is 0 Å². The lowest BCUT2D eigenvalue weighted by atomic mass is 10.2. The molecular formula is C11H9NO2. The molecule has 0 amide bonds. The van der Waals surface area contributed by atoms with E-state index < -0.39 is 0 Å². The minimum Gasteiger partial charge on any atom is -0.452 e. The van der Waals surface area contributed by atoms with E-state index in [4.69, 9.17) is 14.6 Å². The fraction of sp³-hybridized carbons (Fsp3) is 0.0909. The largest absolute Gasteiger partial charge is 0.452 e. The molecule has 0 atom stereocenters. The van der Waals surface area contributed by atoms with Gasteiger partial charge in [-0.1, -0.05) is 12.1 Å². The van der Waals surface area contributed by atoms with Gasteiger partial charge in [-0.15, -0.1) is 0 Å². The molecule has 0 saturated heterocycles. The fourth-order valence-corrected chi connectivity index (χ4v) is 1.67. The summed E-state index contributed by atoms with van der Waals surface area (Å²) >= 11 is 0. The van der Waals surface area contributed by atoms with Gasteiger partial charge in [-0.2, -0.15) is 0 Å². The van der Waals surface area contributed by atoms with Crippen LogP contribution < -0.4 is 5.73 Å². The van der Waals surface area contributed by atoms with E-state index in [0.29, 0.717) is 5.88 Å². The number of fused-ring (bicyclic) bond motifs is 3. The smallest absolute Gasteiger partial charge is 0.197 e. The van der Waals surface area contributed by atoms with Crippen molar-refractivity contribution >= 4 is 28.0 Å². The molecule has 2 aromatic heterocycles. The van der Waals surface area contributed by atoms with Gasteiger partial charge in [0.05, 0.1) is 10.9 Å². The highest BCUT2D eigenvalue weighted by atomic mass is 16.4. The number of aryl methyl sites for hydroxylation is 1. The van der Waals surface area contributed by atoms with Gasteiger partial charge in [0.25, 0.3) is 0 Å². The van der Waals surface area contributed by atoms with E-state index in [1.165, 1.54) is 0 Å². The average Bonchev–Trinajstić information content (AvgIpc) is 2.67. The molecule has 0 bridgehead atoms. The van der Waals surface area contributed by atoms with Crippen LogP contribution in [0.3, 0.4) is 0 Å². The number of hydrogen-bond donors (Lipinski definition) is 1. The second-order valence-corrected chi connectivity index (χ2v) is 3.35. The van der Waals surface area contributed by atoms with Crippen molar-refractivity contribution in [1.29, 1.82) is 0 Å². The van der Waals surface area contributed by atoms with Gasteiger partial charge in [-0.25, -0.2) is 0 Å². The molecule has 0 radical (unpaired) electrons. The van der Waals surface area contributed by atoms with E-state index in [1.54, 1.807) is 0 Å². The van der Waals surface area contributed by atoms with Crippen molar-refractivity contribution in [2.45, 2.75) is 6.92 Å². The van der Waals surface area contributed by atoms with Crippen LogP contribution in [0, 0.1) is 6.92 Å². The predicted molar refractivity (Wildman–Crippen MR) is 55.1 cm³/mol. The Morgan fingerprint density at radius 1 is 1.07 bits per heavy atom. The Morgan fingerprint density at radius 2 is 1.86 bits per heavy atom. The number of rotatable bonds is 0. The first-order chi connectivity index (χ1) is 6.77. The predicted octanol–water partition coefficient (Wildman–Crippen LogP) is 3.07. The number of benzene rings is 1. The van der Waals surface area contributed by atoms with Gasteiger partial charge in [0.2, 0.25) is 0 Å². The zero-order valence-corrected chi connectivity index (χ0v) is 7.70. The van der Waals surface area contributed by atoms with Crippen molar-refractivity contribution in [3.63, 3.8) is 0 Å². The summed E-state index contributed by atoms with van der Waals surface area (Å²) in [5.41, 5.74) is 8.87. The molecule has 0 spiro atoms. The summed E-state index contributed by atoms with van der Waals surface area (Å²) in [6.07, 6.45) is 0. The maximum absolute atomic E-state index is 5.66. The first-order valence-electron chi connectivity index (χ1n) is 4.43. The van der Waals surface area contributed by atoms with Crippen molar-refractivity contribution < 1.29 is 8.83 Å². The quantitative estimate of drug-likeness (QED) is 0.588. The number of nitrogen functional groups attached to an aromatic ring is 1. The molecule has 1 aromatic carbocycles. The summed E-state index contributed by atoms with van der Waals surface area (Å²) in [6, 6.07) is 7.76. The van der Waals surface area contributed by atoms with Crippen molar-refractivity contribution in [3.05, 3.63) is 29.8 Å². The zero-order valence-electron chi connectivity index (χ0n) is 7.70. The highest BCUT2D eigenvalue weighted by molar-refractivity contribution is 6.03.